The van der Waals surface area contributed by atoms with Crippen molar-refractivity contribution in [1.29, 1.82) is 0 Å². The van der Waals surface area contributed by atoms with Gasteiger partial charge in [-0.25, -0.2) is 4.79 Å². The summed E-state index contributed by atoms with van der Waals surface area (Å²) in [5.41, 5.74) is 4.26. The van der Waals surface area contributed by atoms with E-state index in [1.54, 1.807) is 24.3 Å². The Labute approximate surface area is 167 Å². The number of aromatic carboxylic acids is 1. The van der Waals surface area contributed by atoms with Crippen LogP contribution >= 0.6 is 23.2 Å². The Bertz CT molecular complexity index is 900. The monoisotopic (exact) mass is 397 g/mol. The van der Waals surface area contributed by atoms with E-state index >= 15 is 0 Å². The van der Waals surface area contributed by atoms with Crippen molar-refractivity contribution in [1.82, 2.24) is 0 Å². The molecule has 0 aliphatic heterocycles. The molecular formula is C22H17Cl2NO2. The highest BCUT2D eigenvalue weighted by molar-refractivity contribution is 6.31. The molecule has 27 heavy (non-hydrogen) atoms. The maximum Gasteiger partial charge on any atom is 0.335 e. The van der Waals surface area contributed by atoms with Crippen LogP contribution in [0, 0.1) is 0 Å². The van der Waals surface area contributed by atoms with Gasteiger partial charge in [-0.2, -0.15) is 0 Å². The lowest BCUT2D eigenvalue weighted by Gasteiger charge is -2.11. The van der Waals surface area contributed by atoms with Gasteiger partial charge in [0.05, 0.1) is 5.56 Å². The third-order valence-corrected chi connectivity index (χ3v) is 4.56. The number of benzene rings is 3. The van der Waals surface area contributed by atoms with Crippen molar-refractivity contribution in [2.24, 2.45) is 0 Å². The van der Waals surface area contributed by atoms with Crippen LogP contribution in [0.25, 0.3) is 5.57 Å². The fraction of sp³-hybridized carbons (Fsp3) is 0.0455. The Hall–Kier alpha value is -2.75. The molecule has 0 amide bonds. The standard InChI is InChI=1S/C22H17Cl2NO2/c23-18-7-1-15(2-8-18)21(16-3-9-19(24)10-4-16)13-14-25-20-11-5-17(6-12-20)22(26)27/h1-13,25H,14H2,(H,26,27). The van der Waals surface area contributed by atoms with Gasteiger partial charge >= 0.3 is 5.97 Å². The molecule has 0 spiro atoms. The Morgan fingerprint density at radius 3 is 1.67 bits per heavy atom. The van der Waals surface area contributed by atoms with E-state index in [-0.39, 0.29) is 5.56 Å². The first kappa shape index (κ1) is 19.0. The molecule has 2 N–H and O–H groups in total. The number of anilines is 1. The van der Waals surface area contributed by atoms with Crippen molar-refractivity contribution in [2.75, 3.05) is 11.9 Å². The second-order valence-corrected chi connectivity index (χ2v) is 6.77. The van der Waals surface area contributed by atoms with Crippen LogP contribution in [0.4, 0.5) is 5.69 Å². The molecule has 0 atom stereocenters. The van der Waals surface area contributed by atoms with E-state index in [4.69, 9.17) is 28.3 Å². The minimum absolute atomic E-state index is 0.263. The summed E-state index contributed by atoms with van der Waals surface area (Å²) < 4.78 is 0. The van der Waals surface area contributed by atoms with E-state index in [2.05, 4.69) is 11.4 Å². The maximum atomic E-state index is 10.9. The van der Waals surface area contributed by atoms with E-state index in [1.165, 1.54) is 0 Å². The number of carboxylic acids is 1. The van der Waals surface area contributed by atoms with Gasteiger partial charge < -0.3 is 10.4 Å². The van der Waals surface area contributed by atoms with E-state index in [0.717, 1.165) is 22.4 Å². The van der Waals surface area contributed by atoms with Crippen molar-refractivity contribution in [3.63, 3.8) is 0 Å². The van der Waals surface area contributed by atoms with Crippen molar-refractivity contribution < 1.29 is 9.90 Å². The van der Waals surface area contributed by atoms with Crippen molar-refractivity contribution in [3.05, 3.63) is 106 Å². The average molecular weight is 398 g/mol. The lowest BCUT2D eigenvalue weighted by molar-refractivity contribution is 0.0697. The SMILES string of the molecule is O=C(O)c1ccc(NCC=C(c2ccc(Cl)cc2)c2ccc(Cl)cc2)cc1. The summed E-state index contributed by atoms with van der Waals surface area (Å²) in [5.74, 6) is -0.936. The normalized spacial score (nSPS) is 10.3. The lowest BCUT2D eigenvalue weighted by atomic mass is 9.97. The number of halogens is 2. The number of rotatable bonds is 6. The Morgan fingerprint density at radius 2 is 1.22 bits per heavy atom. The van der Waals surface area contributed by atoms with Gasteiger partial charge in [-0.15, -0.1) is 0 Å². The molecule has 3 aromatic rings. The van der Waals surface area contributed by atoms with Crippen molar-refractivity contribution in [3.8, 4) is 0 Å². The molecule has 3 rings (SSSR count). The minimum Gasteiger partial charge on any atom is -0.478 e. The molecule has 5 heteroatoms. The van der Waals surface area contributed by atoms with Crippen molar-refractivity contribution >= 4 is 40.4 Å². The smallest absolute Gasteiger partial charge is 0.335 e. The van der Waals surface area contributed by atoms with Crippen LogP contribution in [-0.4, -0.2) is 17.6 Å². The molecule has 3 nitrogen and oxygen atoms in total. The number of carboxylic acid groups (broad SMARTS) is 1. The van der Waals surface area contributed by atoms with Gasteiger partial charge in [0.15, 0.2) is 0 Å². The van der Waals surface area contributed by atoms with Crippen molar-refractivity contribution in [2.45, 2.75) is 0 Å². The molecule has 0 heterocycles. The molecular weight excluding hydrogens is 381 g/mol. The largest absolute Gasteiger partial charge is 0.478 e. The van der Waals surface area contributed by atoms with E-state index in [0.29, 0.717) is 16.6 Å². The van der Waals surface area contributed by atoms with Gasteiger partial charge in [0, 0.05) is 22.3 Å². The van der Waals surface area contributed by atoms with Crippen LogP contribution in [0.5, 0.6) is 0 Å². The molecule has 0 radical (unpaired) electrons. The van der Waals surface area contributed by atoms with Gasteiger partial charge in [-0.05, 0) is 65.2 Å². The molecule has 136 valence electrons. The summed E-state index contributed by atoms with van der Waals surface area (Å²) in [6, 6.07) is 22.0. The fourth-order valence-electron chi connectivity index (χ4n) is 2.66. The highest BCUT2D eigenvalue weighted by atomic mass is 35.5. The second kappa shape index (κ2) is 8.76. The summed E-state index contributed by atoms with van der Waals surface area (Å²) in [5, 5.41) is 13.6. The Kier molecular flexibility index (Phi) is 6.17. The van der Waals surface area contributed by atoms with Gasteiger partial charge in [0.1, 0.15) is 0 Å². The van der Waals surface area contributed by atoms with E-state index in [1.807, 2.05) is 48.5 Å². The topological polar surface area (TPSA) is 49.3 Å². The molecule has 0 fully saturated rings. The summed E-state index contributed by atoms with van der Waals surface area (Å²) >= 11 is 12.0. The third-order valence-electron chi connectivity index (χ3n) is 4.05. The molecule has 0 aliphatic rings. The molecule has 0 unspecified atom stereocenters. The zero-order valence-corrected chi connectivity index (χ0v) is 15.8. The first-order valence-corrected chi connectivity index (χ1v) is 9.08. The predicted molar refractivity (Wildman–Crippen MR) is 112 cm³/mol. The number of hydrogen-bond acceptors (Lipinski definition) is 2. The summed E-state index contributed by atoms with van der Waals surface area (Å²) in [6.45, 7) is 0.576. The minimum atomic E-state index is -0.936. The van der Waals surface area contributed by atoms with Gasteiger partial charge in [0.2, 0.25) is 0 Å². The highest BCUT2D eigenvalue weighted by Crippen LogP contribution is 2.26. The van der Waals surface area contributed by atoms with Crippen LogP contribution in [0.15, 0.2) is 78.9 Å². The predicted octanol–water partition coefficient (Wildman–Crippen LogP) is 6.24. The molecule has 3 aromatic carbocycles. The fourth-order valence-corrected chi connectivity index (χ4v) is 2.91. The van der Waals surface area contributed by atoms with Crippen LogP contribution in [0.3, 0.4) is 0 Å². The molecule has 0 saturated heterocycles. The number of nitrogens with one attached hydrogen (secondary N) is 1. The third kappa shape index (κ3) is 5.13. The molecule has 0 aliphatic carbocycles. The molecule has 0 saturated carbocycles. The number of hydrogen-bond donors (Lipinski definition) is 2. The quantitative estimate of drug-likeness (QED) is 0.517. The van der Waals surface area contributed by atoms with Crippen LogP contribution in [0.1, 0.15) is 21.5 Å². The number of carbonyl (C=O) groups is 1. The molecule has 0 aromatic heterocycles. The first-order valence-electron chi connectivity index (χ1n) is 8.32. The maximum absolute atomic E-state index is 10.9. The lowest BCUT2D eigenvalue weighted by Crippen LogP contribution is -2.01. The molecule has 0 bridgehead atoms. The zero-order valence-electron chi connectivity index (χ0n) is 14.3. The Balaban J connectivity index is 1.82. The van der Waals surface area contributed by atoms with Crippen LogP contribution < -0.4 is 5.32 Å². The average Bonchev–Trinajstić information content (AvgIpc) is 2.67. The summed E-state index contributed by atoms with van der Waals surface area (Å²) in [7, 11) is 0. The van der Waals surface area contributed by atoms with Crippen LogP contribution in [-0.2, 0) is 0 Å². The Morgan fingerprint density at radius 1 is 0.778 bits per heavy atom. The first-order chi connectivity index (χ1) is 13.0. The van der Waals surface area contributed by atoms with Gasteiger partial charge in [-0.3, -0.25) is 0 Å². The summed E-state index contributed by atoms with van der Waals surface area (Å²) in [6.07, 6.45) is 2.08. The van der Waals surface area contributed by atoms with E-state index < -0.39 is 5.97 Å². The second-order valence-electron chi connectivity index (χ2n) is 5.89. The zero-order chi connectivity index (χ0) is 19.2. The highest BCUT2D eigenvalue weighted by Gasteiger charge is 2.06. The van der Waals surface area contributed by atoms with Crippen LogP contribution in [0.2, 0.25) is 10.0 Å². The van der Waals surface area contributed by atoms with Gasteiger partial charge in [0.25, 0.3) is 0 Å². The summed E-state index contributed by atoms with van der Waals surface area (Å²) in [4.78, 5) is 10.9. The van der Waals surface area contributed by atoms with Gasteiger partial charge in [-0.1, -0.05) is 53.5 Å². The van der Waals surface area contributed by atoms with E-state index in [9.17, 15) is 4.79 Å².